The van der Waals surface area contributed by atoms with Crippen LogP contribution in [0.1, 0.15) is 51.0 Å². The standard InChI is InChI=1S/C24H29N3O/c1-2-28-20-12-14-24-21(15-20)22(23(26)13-7-17-5-3-4-6-17)16-27(24)19-10-8-18(25)9-11-19/h8-12,14-17,26H,2-7,13,25H2,1H3. The fraction of sp³-hybridized carbons (Fsp3) is 0.375. The monoisotopic (exact) mass is 375 g/mol. The maximum atomic E-state index is 8.78. The van der Waals surface area contributed by atoms with Crippen LogP contribution in [-0.4, -0.2) is 16.9 Å². The Hall–Kier alpha value is -2.75. The Kier molecular flexibility index (Phi) is 5.38. The van der Waals surface area contributed by atoms with Crippen molar-refractivity contribution < 1.29 is 4.74 Å². The molecule has 1 saturated carbocycles. The molecule has 1 aliphatic carbocycles. The molecule has 3 aromatic rings. The van der Waals surface area contributed by atoms with Crippen LogP contribution < -0.4 is 10.5 Å². The summed E-state index contributed by atoms with van der Waals surface area (Å²) in [5.41, 5.74) is 10.5. The Morgan fingerprint density at radius 3 is 2.61 bits per heavy atom. The molecule has 1 aromatic heterocycles. The Morgan fingerprint density at radius 1 is 1.14 bits per heavy atom. The smallest absolute Gasteiger partial charge is 0.120 e. The quantitative estimate of drug-likeness (QED) is 0.396. The molecule has 4 rings (SSSR count). The number of nitrogens with zero attached hydrogens (tertiary/aromatic N) is 1. The van der Waals surface area contributed by atoms with Crippen molar-refractivity contribution in [3.63, 3.8) is 0 Å². The zero-order valence-electron chi connectivity index (χ0n) is 16.6. The lowest BCUT2D eigenvalue weighted by Gasteiger charge is -2.09. The van der Waals surface area contributed by atoms with Crippen LogP contribution in [0.25, 0.3) is 16.6 Å². The van der Waals surface area contributed by atoms with Gasteiger partial charge in [0.2, 0.25) is 0 Å². The Morgan fingerprint density at radius 2 is 1.89 bits per heavy atom. The van der Waals surface area contributed by atoms with Gasteiger partial charge >= 0.3 is 0 Å². The number of benzene rings is 2. The molecular formula is C24H29N3O. The highest BCUT2D eigenvalue weighted by molar-refractivity contribution is 6.10. The van der Waals surface area contributed by atoms with Crippen molar-refractivity contribution >= 4 is 22.3 Å². The van der Waals surface area contributed by atoms with Crippen LogP contribution in [0.4, 0.5) is 5.69 Å². The van der Waals surface area contributed by atoms with Gasteiger partial charge in [0.05, 0.1) is 12.1 Å². The number of nitrogens with two attached hydrogens (primary N) is 1. The highest BCUT2D eigenvalue weighted by atomic mass is 16.5. The van der Waals surface area contributed by atoms with E-state index in [0.29, 0.717) is 6.61 Å². The number of hydrogen-bond donors (Lipinski definition) is 2. The molecule has 28 heavy (non-hydrogen) atoms. The molecule has 0 aliphatic heterocycles. The van der Waals surface area contributed by atoms with E-state index in [1.54, 1.807) is 0 Å². The molecule has 3 N–H and O–H groups in total. The van der Waals surface area contributed by atoms with Crippen molar-refractivity contribution in [3.8, 4) is 11.4 Å². The normalized spacial score (nSPS) is 14.6. The minimum atomic E-state index is 0.638. The Labute approximate surface area is 166 Å². The van der Waals surface area contributed by atoms with Crippen LogP contribution in [-0.2, 0) is 0 Å². The van der Waals surface area contributed by atoms with Gasteiger partial charge in [-0.05, 0) is 68.1 Å². The van der Waals surface area contributed by atoms with Crippen LogP contribution >= 0.6 is 0 Å². The van der Waals surface area contributed by atoms with Crippen molar-refractivity contribution in [2.24, 2.45) is 5.92 Å². The third kappa shape index (κ3) is 3.77. The van der Waals surface area contributed by atoms with Crippen molar-refractivity contribution in [2.75, 3.05) is 12.3 Å². The summed E-state index contributed by atoms with van der Waals surface area (Å²) < 4.78 is 7.88. The predicted molar refractivity (Wildman–Crippen MR) is 117 cm³/mol. The Bertz CT molecular complexity index is 965. The van der Waals surface area contributed by atoms with Gasteiger partial charge in [0.15, 0.2) is 0 Å². The first-order chi connectivity index (χ1) is 13.7. The van der Waals surface area contributed by atoms with Crippen LogP contribution in [0.5, 0.6) is 5.75 Å². The van der Waals surface area contributed by atoms with E-state index >= 15 is 0 Å². The van der Waals surface area contributed by atoms with E-state index in [1.165, 1.54) is 25.7 Å². The number of rotatable bonds is 7. The molecule has 2 aromatic carbocycles. The van der Waals surface area contributed by atoms with Gasteiger partial charge in [-0.15, -0.1) is 0 Å². The number of ether oxygens (including phenoxy) is 1. The van der Waals surface area contributed by atoms with Crippen LogP contribution in [0.2, 0.25) is 0 Å². The van der Waals surface area contributed by atoms with Crippen molar-refractivity contribution in [1.29, 1.82) is 5.41 Å². The summed E-state index contributed by atoms with van der Waals surface area (Å²) in [6.45, 7) is 2.63. The molecule has 0 bridgehead atoms. The summed E-state index contributed by atoms with van der Waals surface area (Å²) in [7, 11) is 0. The van der Waals surface area contributed by atoms with E-state index in [2.05, 4.69) is 22.9 Å². The lowest BCUT2D eigenvalue weighted by atomic mass is 9.97. The molecule has 0 radical (unpaired) electrons. The highest BCUT2D eigenvalue weighted by Crippen LogP contribution is 2.32. The molecule has 0 amide bonds. The third-order valence-corrected chi connectivity index (χ3v) is 5.86. The summed E-state index contributed by atoms with van der Waals surface area (Å²) in [5.74, 6) is 1.65. The second kappa shape index (κ2) is 8.09. The number of nitrogens with one attached hydrogen (secondary N) is 1. The summed E-state index contributed by atoms with van der Waals surface area (Å²) in [6, 6.07) is 14.1. The second-order valence-corrected chi connectivity index (χ2v) is 7.78. The van der Waals surface area contributed by atoms with Gasteiger partial charge in [-0.25, -0.2) is 0 Å². The summed E-state index contributed by atoms with van der Waals surface area (Å²) in [6.07, 6.45) is 9.42. The molecule has 0 spiro atoms. The van der Waals surface area contributed by atoms with E-state index < -0.39 is 0 Å². The summed E-state index contributed by atoms with van der Waals surface area (Å²) >= 11 is 0. The van der Waals surface area contributed by atoms with Crippen LogP contribution in [0.3, 0.4) is 0 Å². The second-order valence-electron chi connectivity index (χ2n) is 7.78. The molecule has 4 nitrogen and oxygen atoms in total. The van der Waals surface area contributed by atoms with Crippen molar-refractivity contribution in [3.05, 3.63) is 54.2 Å². The highest BCUT2D eigenvalue weighted by Gasteiger charge is 2.18. The maximum absolute atomic E-state index is 8.78. The zero-order chi connectivity index (χ0) is 19.5. The minimum Gasteiger partial charge on any atom is -0.494 e. The van der Waals surface area contributed by atoms with Gasteiger partial charge in [-0.2, -0.15) is 0 Å². The number of hydrogen-bond acceptors (Lipinski definition) is 3. The first-order valence-electron chi connectivity index (χ1n) is 10.4. The third-order valence-electron chi connectivity index (χ3n) is 5.86. The van der Waals surface area contributed by atoms with Crippen molar-refractivity contribution in [1.82, 2.24) is 4.57 Å². The maximum Gasteiger partial charge on any atom is 0.120 e. The van der Waals surface area contributed by atoms with Gasteiger partial charge in [0.1, 0.15) is 5.75 Å². The van der Waals surface area contributed by atoms with Crippen LogP contribution in [0.15, 0.2) is 48.7 Å². The molecule has 1 heterocycles. The van der Waals surface area contributed by atoms with E-state index in [0.717, 1.165) is 58.1 Å². The molecular weight excluding hydrogens is 346 g/mol. The van der Waals surface area contributed by atoms with E-state index in [4.69, 9.17) is 15.9 Å². The van der Waals surface area contributed by atoms with Gasteiger partial charge in [0, 0.05) is 34.2 Å². The number of anilines is 1. The lowest BCUT2D eigenvalue weighted by Crippen LogP contribution is -2.03. The molecule has 1 aliphatic rings. The number of fused-ring (bicyclic) bond motifs is 1. The number of nitrogen functional groups attached to an aromatic ring is 1. The fourth-order valence-electron chi connectivity index (χ4n) is 4.34. The van der Waals surface area contributed by atoms with Gasteiger partial charge in [-0.3, -0.25) is 0 Å². The molecule has 0 atom stereocenters. The first kappa shape index (κ1) is 18.6. The largest absolute Gasteiger partial charge is 0.494 e. The van der Waals surface area contributed by atoms with Crippen LogP contribution in [0, 0.1) is 11.3 Å². The summed E-state index contributed by atoms with van der Waals surface area (Å²) in [4.78, 5) is 0. The molecule has 4 heteroatoms. The molecule has 0 unspecified atom stereocenters. The Balaban J connectivity index is 1.71. The predicted octanol–water partition coefficient (Wildman–Crippen LogP) is 5.95. The van der Waals surface area contributed by atoms with Gasteiger partial charge in [-0.1, -0.05) is 25.7 Å². The minimum absolute atomic E-state index is 0.638. The van der Waals surface area contributed by atoms with E-state index in [-0.39, 0.29) is 0 Å². The molecule has 146 valence electrons. The van der Waals surface area contributed by atoms with Gasteiger partial charge in [0.25, 0.3) is 0 Å². The van der Waals surface area contributed by atoms with Gasteiger partial charge < -0.3 is 20.4 Å². The topological polar surface area (TPSA) is 64.0 Å². The average Bonchev–Trinajstić information content (AvgIpc) is 3.35. The SMILES string of the molecule is CCOc1ccc2c(c1)c(C(=N)CCC1CCCC1)cn2-c1ccc(N)cc1. The lowest BCUT2D eigenvalue weighted by molar-refractivity contribution is 0.340. The summed E-state index contributed by atoms with van der Waals surface area (Å²) in [5, 5.41) is 9.87. The van der Waals surface area contributed by atoms with E-state index in [1.807, 2.05) is 37.3 Å². The first-order valence-corrected chi connectivity index (χ1v) is 10.4. The fourth-order valence-corrected chi connectivity index (χ4v) is 4.34. The molecule has 0 saturated heterocycles. The zero-order valence-corrected chi connectivity index (χ0v) is 16.6. The molecule has 1 fully saturated rings. The number of aromatic nitrogens is 1. The van der Waals surface area contributed by atoms with E-state index in [9.17, 15) is 0 Å². The van der Waals surface area contributed by atoms with Crippen molar-refractivity contribution in [2.45, 2.75) is 45.4 Å². The average molecular weight is 376 g/mol.